The van der Waals surface area contributed by atoms with Gasteiger partial charge in [0.2, 0.25) is 0 Å². The number of aromatic nitrogens is 2. The number of halogens is 1. The Morgan fingerprint density at radius 1 is 1.33 bits per heavy atom. The van der Waals surface area contributed by atoms with Gasteiger partial charge in [-0.3, -0.25) is 4.68 Å². The summed E-state index contributed by atoms with van der Waals surface area (Å²) in [4.78, 5) is 12.4. The Kier molecular flexibility index (Phi) is 9.01. The van der Waals surface area contributed by atoms with Gasteiger partial charge in [-0.15, -0.1) is 0 Å². The quantitative estimate of drug-likeness (QED) is 0.635. The third-order valence-electron chi connectivity index (χ3n) is 4.57. The number of anilines is 2. The molecular weight excluding hydrogens is 441 g/mol. The molecule has 1 aromatic carbocycles. The van der Waals surface area contributed by atoms with Crippen LogP contribution in [0, 0.1) is 0 Å². The Morgan fingerprint density at radius 3 is 2.63 bits per heavy atom. The van der Waals surface area contributed by atoms with Gasteiger partial charge in [-0.1, -0.05) is 18.5 Å². The van der Waals surface area contributed by atoms with Gasteiger partial charge < -0.3 is 10.1 Å². The molecule has 2 N–H and O–H groups in total. The van der Waals surface area contributed by atoms with Crippen LogP contribution in [0.5, 0.6) is 0 Å². The molecule has 1 fully saturated rings. The Morgan fingerprint density at radius 2 is 2.03 bits per heavy atom. The molecule has 0 aliphatic carbocycles. The second-order valence-corrected chi connectivity index (χ2v) is 8.76. The van der Waals surface area contributed by atoms with Gasteiger partial charge in [0.25, 0.3) is 0 Å². The van der Waals surface area contributed by atoms with Crippen LogP contribution < -0.4 is 14.3 Å². The van der Waals surface area contributed by atoms with Crippen molar-refractivity contribution in [2.45, 2.75) is 32.2 Å². The predicted molar refractivity (Wildman–Crippen MR) is 119 cm³/mol. The number of carbonyl (C=O) groups excluding carboxylic acids is 1. The van der Waals surface area contributed by atoms with Gasteiger partial charge in [-0.2, -0.15) is 13.5 Å². The van der Waals surface area contributed by atoms with Crippen LogP contribution in [-0.4, -0.2) is 73.0 Å². The topological polar surface area (TPSA) is 106 Å². The summed E-state index contributed by atoms with van der Waals surface area (Å²) in [6.45, 7) is 2.86. The van der Waals surface area contributed by atoms with Crippen molar-refractivity contribution in [1.82, 2.24) is 14.5 Å². The minimum absolute atomic E-state index is 0. The van der Waals surface area contributed by atoms with Gasteiger partial charge in [0.1, 0.15) is 0 Å². The van der Waals surface area contributed by atoms with Crippen LogP contribution in [0.4, 0.5) is 16.2 Å². The SMILES string of the molecule is CCc1cc(Cl)cc(NC(=O)NS(=O)(=O)N(c2cnn(C)c2)C2CCOCC2)c1.[NaH]. The maximum atomic E-state index is 13.1. The maximum absolute atomic E-state index is 13.1. The summed E-state index contributed by atoms with van der Waals surface area (Å²) in [5, 5.41) is 7.06. The molecule has 160 valence electrons. The summed E-state index contributed by atoms with van der Waals surface area (Å²) >= 11 is 6.06. The molecule has 0 unspecified atom stereocenters. The molecule has 1 saturated heterocycles. The van der Waals surface area contributed by atoms with Crippen molar-refractivity contribution in [2.75, 3.05) is 22.8 Å². The number of amides is 2. The van der Waals surface area contributed by atoms with Gasteiger partial charge in [-0.25, -0.2) is 13.8 Å². The third-order valence-corrected chi connectivity index (χ3v) is 6.26. The molecule has 0 spiro atoms. The van der Waals surface area contributed by atoms with Crippen LogP contribution in [0.2, 0.25) is 5.02 Å². The normalized spacial score (nSPS) is 14.6. The summed E-state index contributed by atoms with van der Waals surface area (Å²) in [7, 11) is -2.48. The van der Waals surface area contributed by atoms with E-state index < -0.39 is 16.2 Å². The van der Waals surface area contributed by atoms with Gasteiger partial charge in [0, 0.05) is 37.2 Å². The van der Waals surface area contributed by atoms with Crippen LogP contribution in [0.25, 0.3) is 0 Å². The predicted octanol–water partition coefficient (Wildman–Crippen LogP) is 2.04. The molecular formula is C18H25ClN5NaO4S. The third kappa shape index (κ3) is 6.35. The van der Waals surface area contributed by atoms with E-state index in [0.717, 1.165) is 12.0 Å². The van der Waals surface area contributed by atoms with Crippen molar-refractivity contribution in [3.05, 3.63) is 41.2 Å². The summed E-state index contributed by atoms with van der Waals surface area (Å²) in [5.41, 5.74) is 1.73. The average Bonchev–Trinajstić information content (AvgIpc) is 3.06. The molecule has 0 saturated carbocycles. The van der Waals surface area contributed by atoms with Crippen molar-refractivity contribution in [3.63, 3.8) is 0 Å². The summed E-state index contributed by atoms with van der Waals surface area (Å²) in [5.74, 6) is 0. The number of benzene rings is 1. The molecule has 1 aliphatic rings. The zero-order chi connectivity index (χ0) is 21.0. The Hall–Kier alpha value is -1.30. The molecule has 2 heterocycles. The van der Waals surface area contributed by atoms with Crippen LogP contribution >= 0.6 is 11.6 Å². The Balaban J connectivity index is 0.00000320. The van der Waals surface area contributed by atoms with Crippen LogP contribution in [-0.2, 0) is 28.4 Å². The molecule has 0 atom stereocenters. The van der Waals surface area contributed by atoms with Gasteiger partial charge >= 0.3 is 45.8 Å². The number of nitrogens with zero attached hydrogens (tertiary/aromatic N) is 3. The monoisotopic (exact) mass is 465 g/mol. The zero-order valence-corrected chi connectivity index (χ0v) is 17.8. The van der Waals surface area contributed by atoms with Crippen molar-refractivity contribution in [1.29, 1.82) is 0 Å². The second-order valence-electron chi connectivity index (χ2n) is 6.77. The van der Waals surface area contributed by atoms with Crippen molar-refractivity contribution in [3.8, 4) is 0 Å². The fraction of sp³-hybridized carbons (Fsp3) is 0.444. The first kappa shape index (κ1) is 25.0. The van der Waals surface area contributed by atoms with E-state index in [4.69, 9.17) is 16.3 Å². The van der Waals surface area contributed by atoms with E-state index in [2.05, 4.69) is 15.1 Å². The van der Waals surface area contributed by atoms with E-state index in [1.165, 1.54) is 15.2 Å². The number of hydrogen-bond acceptors (Lipinski definition) is 5. The molecule has 2 aromatic rings. The van der Waals surface area contributed by atoms with Crippen molar-refractivity contribution < 1.29 is 17.9 Å². The number of ether oxygens (including phenoxy) is 1. The van der Waals surface area contributed by atoms with E-state index in [9.17, 15) is 13.2 Å². The van der Waals surface area contributed by atoms with E-state index >= 15 is 0 Å². The van der Waals surface area contributed by atoms with Crippen LogP contribution in [0.3, 0.4) is 0 Å². The molecule has 12 heteroatoms. The fourth-order valence-electron chi connectivity index (χ4n) is 3.24. The summed E-state index contributed by atoms with van der Waals surface area (Å²) in [6.07, 6.45) is 4.82. The van der Waals surface area contributed by atoms with E-state index in [0.29, 0.717) is 42.5 Å². The number of aryl methyl sites for hydroxylation is 2. The van der Waals surface area contributed by atoms with E-state index in [1.807, 2.05) is 6.92 Å². The van der Waals surface area contributed by atoms with Gasteiger partial charge in [0.15, 0.2) is 0 Å². The number of rotatable bonds is 6. The number of urea groups is 1. The molecule has 9 nitrogen and oxygen atoms in total. The van der Waals surface area contributed by atoms with Crippen molar-refractivity contribution >= 4 is 68.8 Å². The number of hydrogen-bond donors (Lipinski definition) is 2. The first-order valence-corrected chi connectivity index (χ1v) is 11.1. The molecule has 2 amide bonds. The summed E-state index contributed by atoms with van der Waals surface area (Å²) < 4.78 is 36.3. The van der Waals surface area contributed by atoms with Crippen LogP contribution in [0.1, 0.15) is 25.3 Å². The number of nitrogens with one attached hydrogen (secondary N) is 2. The van der Waals surface area contributed by atoms with E-state index in [1.54, 1.807) is 31.4 Å². The average molecular weight is 466 g/mol. The fourth-order valence-corrected chi connectivity index (χ4v) is 4.85. The zero-order valence-electron chi connectivity index (χ0n) is 16.3. The minimum atomic E-state index is -4.18. The van der Waals surface area contributed by atoms with Crippen molar-refractivity contribution in [2.24, 2.45) is 7.05 Å². The number of carbonyl (C=O) groups is 1. The van der Waals surface area contributed by atoms with Gasteiger partial charge in [-0.05, 0) is 43.0 Å². The van der Waals surface area contributed by atoms with Crippen LogP contribution in [0.15, 0.2) is 30.6 Å². The summed E-state index contributed by atoms with van der Waals surface area (Å²) in [6, 6.07) is 3.89. The molecule has 3 rings (SSSR count). The first-order valence-electron chi connectivity index (χ1n) is 9.27. The molecule has 0 radical (unpaired) electrons. The molecule has 0 bridgehead atoms. The first-order chi connectivity index (χ1) is 13.8. The second kappa shape index (κ2) is 10.8. The molecule has 1 aliphatic heterocycles. The Bertz CT molecular complexity index is 979. The molecule has 30 heavy (non-hydrogen) atoms. The molecule has 1 aromatic heterocycles. The van der Waals surface area contributed by atoms with Gasteiger partial charge in [0.05, 0.1) is 17.9 Å². The Labute approximate surface area is 203 Å². The standard InChI is InChI=1S/C18H24ClN5O4S.Na.H/c1-3-13-8-14(19)10-15(9-13)21-18(25)22-29(26,27)24(16-4-6-28-7-5-16)17-11-20-23(2)12-17;;/h8-12,16H,3-7H2,1-2H3,(H2,21,22,25);;. The van der Waals surface area contributed by atoms with E-state index in [-0.39, 0.29) is 35.6 Å².